The maximum Gasteiger partial charge on any atom is 0.160 e. The first-order chi connectivity index (χ1) is 8.58. The van der Waals surface area contributed by atoms with Gasteiger partial charge in [0.05, 0.1) is 10.8 Å². The van der Waals surface area contributed by atoms with E-state index in [1.165, 1.54) is 6.07 Å². The van der Waals surface area contributed by atoms with Gasteiger partial charge in [-0.15, -0.1) is 0 Å². The second-order valence-electron chi connectivity index (χ2n) is 4.47. The van der Waals surface area contributed by atoms with Gasteiger partial charge in [0.2, 0.25) is 0 Å². The predicted octanol–water partition coefficient (Wildman–Crippen LogP) is 2.83. The van der Waals surface area contributed by atoms with Gasteiger partial charge < -0.3 is 0 Å². The fourth-order valence-corrected chi connectivity index (χ4v) is 3.37. The highest BCUT2D eigenvalue weighted by Gasteiger charge is 2.24. The maximum atomic E-state index is 13.0. The Hall–Kier alpha value is -1.10. The summed E-state index contributed by atoms with van der Waals surface area (Å²) in [6, 6.07) is 3.26. The molecular weight excluding hydrogens is 258 g/mol. The van der Waals surface area contributed by atoms with Crippen molar-refractivity contribution in [3.05, 3.63) is 29.8 Å². The maximum absolute atomic E-state index is 13.0. The molecule has 98 valence electrons. The third-order valence-corrected chi connectivity index (χ3v) is 4.62. The van der Waals surface area contributed by atoms with Crippen molar-refractivity contribution in [1.29, 1.82) is 0 Å². The monoisotopic (exact) mass is 272 g/mol. The summed E-state index contributed by atoms with van der Waals surface area (Å²) in [5, 5.41) is 0. The Labute approximate surface area is 107 Å². The van der Waals surface area contributed by atoms with Gasteiger partial charge in [0.15, 0.2) is 11.6 Å². The van der Waals surface area contributed by atoms with Gasteiger partial charge in [-0.05, 0) is 37.5 Å². The highest BCUT2D eigenvalue weighted by molar-refractivity contribution is 7.85. The fraction of sp³-hybridized carbons (Fsp3) is 0.462. The summed E-state index contributed by atoms with van der Waals surface area (Å²) in [6.45, 7) is 0. The number of Topliss-reactive ketones (excluding diaryl/α,β-unsaturated/α-hetero) is 1. The van der Waals surface area contributed by atoms with E-state index in [-0.39, 0.29) is 16.6 Å². The Balaban J connectivity index is 1.95. The molecule has 1 aromatic carbocycles. The lowest BCUT2D eigenvalue weighted by Gasteiger charge is -2.07. The first-order valence-electron chi connectivity index (χ1n) is 5.94. The van der Waals surface area contributed by atoms with Crippen molar-refractivity contribution in [1.82, 2.24) is 0 Å². The van der Waals surface area contributed by atoms with Crippen LogP contribution in [-0.2, 0) is 15.6 Å². The Morgan fingerprint density at radius 1 is 1.28 bits per heavy atom. The molecule has 0 heterocycles. The predicted molar refractivity (Wildman–Crippen MR) is 64.6 cm³/mol. The molecule has 0 aliphatic heterocycles. The highest BCUT2D eigenvalue weighted by atomic mass is 32.2. The van der Waals surface area contributed by atoms with Crippen LogP contribution in [0.3, 0.4) is 0 Å². The van der Waals surface area contributed by atoms with Crippen molar-refractivity contribution in [2.24, 2.45) is 5.92 Å². The Kier molecular flexibility index (Phi) is 4.22. The van der Waals surface area contributed by atoms with Gasteiger partial charge in [0, 0.05) is 23.0 Å². The summed E-state index contributed by atoms with van der Waals surface area (Å²) in [4.78, 5) is 11.7. The van der Waals surface area contributed by atoms with E-state index in [2.05, 4.69) is 0 Å². The SMILES string of the molecule is O=C1CCCC1CCS(=O)c1ccc(F)c(F)c1. The van der Waals surface area contributed by atoms with Crippen LogP contribution in [0.25, 0.3) is 0 Å². The van der Waals surface area contributed by atoms with Gasteiger partial charge in [-0.3, -0.25) is 9.00 Å². The van der Waals surface area contributed by atoms with Gasteiger partial charge in [-0.25, -0.2) is 8.78 Å². The number of benzene rings is 1. The second-order valence-corrected chi connectivity index (χ2v) is 6.04. The Morgan fingerprint density at radius 3 is 2.67 bits per heavy atom. The van der Waals surface area contributed by atoms with Crippen LogP contribution >= 0.6 is 0 Å². The lowest BCUT2D eigenvalue weighted by molar-refractivity contribution is -0.120. The smallest absolute Gasteiger partial charge is 0.160 e. The lowest BCUT2D eigenvalue weighted by atomic mass is 10.1. The molecule has 1 aromatic rings. The standard InChI is InChI=1S/C13H14F2O2S/c14-11-5-4-10(8-12(11)15)18(17)7-6-9-2-1-3-13(9)16/h4-5,8-9H,1-3,6-7H2. The number of carbonyl (C=O) groups is 1. The molecule has 0 saturated heterocycles. The number of carbonyl (C=O) groups excluding carboxylic acids is 1. The molecule has 2 nitrogen and oxygen atoms in total. The second kappa shape index (κ2) is 5.69. The van der Waals surface area contributed by atoms with Gasteiger partial charge in [-0.2, -0.15) is 0 Å². The average Bonchev–Trinajstić information content (AvgIpc) is 2.75. The van der Waals surface area contributed by atoms with Gasteiger partial charge >= 0.3 is 0 Å². The third kappa shape index (κ3) is 3.02. The van der Waals surface area contributed by atoms with E-state index in [1.54, 1.807) is 0 Å². The summed E-state index contributed by atoms with van der Waals surface area (Å²) in [5.41, 5.74) is 0. The molecule has 2 unspecified atom stereocenters. The molecule has 1 aliphatic carbocycles. The molecule has 0 radical (unpaired) electrons. The van der Waals surface area contributed by atoms with E-state index in [4.69, 9.17) is 0 Å². The number of rotatable bonds is 4. The number of hydrogen-bond acceptors (Lipinski definition) is 2. The number of halogens is 2. The summed E-state index contributed by atoms with van der Waals surface area (Å²) in [7, 11) is -1.37. The first kappa shape index (κ1) is 13.3. The van der Waals surface area contributed by atoms with E-state index in [0.29, 0.717) is 18.6 Å². The topological polar surface area (TPSA) is 34.1 Å². The molecule has 2 rings (SSSR count). The summed E-state index contributed by atoms with van der Waals surface area (Å²) < 4.78 is 37.6. The molecule has 5 heteroatoms. The van der Waals surface area contributed by atoms with Crippen LogP contribution in [0, 0.1) is 17.6 Å². The molecule has 0 aromatic heterocycles. The molecular formula is C13H14F2O2S. The van der Waals surface area contributed by atoms with E-state index in [1.807, 2.05) is 0 Å². The van der Waals surface area contributed by atoms with Crippen LogP contribution in [0.5, 0.6) is 0 Å². The van der Waals surface area contributed by atoms with Crippen LogP contribution in [0.4, 0.5) is 8.78 Å². The van der Waals surface area contributed by atoms with Gasteiger partial charge in [-0.1, -0.05) is 0 Å². The van der Waals surface area contributed by atoms with E-state index < -0.39 is 22.4 Å². The highest BCUT2D eigenvalue weighted by Crippen LogP contribution is 2.25. The van der Waals surface area contributed by atoms with Crippen molar-refractivity contribution in [3.63, 3.8) is 0 Å². The van der Waals surface area contributed by atoms with Crippen molar-refractivity contribution < 1.29 is 17.8 Å². The van der Waals surface area contributed by atoms with Crippen molar-refractivity contribution >= 4 is 16.6 Å². The molecule has 18 heavy (non-hydrogen) atoms. The largest absolute Gasteiger partial charge is 0.299 e. The zero-order valence-electron chi connectivity index (χ0n) is 9.83. The Bertz CT molecular complexity index is 488. The van der Waals surface area contributed by atoms with Gasteiger partial charge in [0.1, 0.15) is 5.78 Å². The molecule has 0 N–H and O–H groups in total. The minimum atomic E-state index is -1.37. The summed E-state index contributed by atoms with van der Waals surface area (Å²) >= 11 is 0. The molecule has 1 saturated carbocycles. The molecule has 0 bridgehead atoms. The molecule has 2 atom stereocenters. The normalized spacial score (nSPS) is 21.2. The fourth-order valence-electron chi connectivity index (χ4n) is 2.18. The third-order valence-electron chi connectivity index (χ3n) is 3.24. The van der Waals surface area contributed by atoms with Crippen LogP contribution < -0.4 is 0 Å². The van der Waals surface area contributed by atoms with E-state index >= 15 is 0 Å². The molecule has 1 fully saturated rings. The summed E-state index contributed by atoms with van der Waals surface area (Å²) in [6.07, 6.45) is 2.93. The lowest BCUT2D eigenvalue weighted by Crippen LogP contribution is -2.11. The van der Waals surface area contributed by atoms with Crippen LogP contribution in [0.1, 0.15) is 25.7 Å². The van der Waals surface area contributed by atoms with Crippen molar-refractivity contribution in [2.75, 3.05) is 5.75 Å². The minimum Gasteiger partial charge on any atom is -0.299 e. The first-order valence-corrected chi connectivity index (χ1v) is 7.26. The Morgan fingerprint density at radius 2 is 2.06 bits per heavy atom. The number of hydrogen-bond donors (Lipinski definition) is 0. The van der Waals surface area contributed by atoms with Gasteiger partial charge in [0.25, 0.3) is 0 Å². The molecule has 0 spiro atoms. The van der Waals surface area contributed by atoms with E-state index in [0.717, 1.165) is 25.0 Å². The van der Waals surface area contributed by atoms with Crippen molar-refractivity contribution in [2.45, 2.75) is 30.6 Å². The van der Waals surface area contributed by atoms with Crippen LogP contribution in [0.15, 0.2) is 23.1 Å². The average molecular weight is 272 g/mol. The van der Waals surface area contributed by atoms with E-state index in [9.17, 15) is 17.8 Å². The van der Waals surface area contributed by atoms with Crippen molar-refractivity contribution in [3.8, 4) is 0 Å². The quantitative estimate of drug-likeness (QED) is 0.844. The number of ketones is 1. The zero-order chi connectivity index (χ0) is 13.1. The molecule has 0 amide bonds. The molecule has 1 aliphatic rings. The zero-order valence-corrected chi connectivity index (χ0v) is 10.6. The van der Waals surface area contributed by atoms with Crippen LogP contribution in [-0.4, -0.2) is 15.7 Å². The van der Waals surface area contributed by atoms with Crippen LogP contribution in [0.2, 0.25) is 0 Å². The minimum absolute atomic E-state index is 0.000699. The summed E-state index contributed by atoms with van der Waals surface area (Å²) in [5.74, 6) is -1.38.